The Morgan fingerprint density at radius 1 is 1.11 bits per heavy atom. The minimum absolute atomic E-state index is 0.247. The summed E-state index contributed by atoms with van der Waals surface area (Å²) in [4.78, 5) is 15.2. The predicted octanol–water partition coefficient (Wildman–Crippen LogP) is 5.89. The van der Waals surface area contributed by atoms with E-state index in [1.807, 2.05) is 12.1 Å². The highest BCUT2D eigenvalue weighted by atomic mass is 16.1. The topological polar surface area (TPSA) is 20.3 Å². The summed E-state index contributed by atoms with van der Waals surface area (Å²) in [5.74, 6) is 0.247. The van der Waals surface area contributed by atoms with Crippen LogP contribution in [0.15, 0.2) is 72.5 Å². The van der Waals surface area contributed by atoms with Gasteiger partial charge in [0.1, 0.15) is 5.78 Å². The van der Waals surface area contributed by atoms with Crippen molar-refractivity contribution in [1.82, 2.24) is 0 Å². The van der Waals surface area contributed by atoms with E-state index < -0.39 is 5.41 Å². The van der Waals surface area contributed by atoms with Crippen molar-refractivity contribution in [3.63, 3.8) is 0 Å². The largest absolute Gasteiger partial charge is 0.348 e. The van der Waals surface area contributed by atoms with E-state index in [1.54, 1.807) is 6.92 Å². The lowest BCUT2D eigenvalue weighted by atomic mass is 9.64. The first-order valence-electron chi connectivity index (χ1n) is 9.61. The van der Waals surface area contributed by atoms with Gasteiger partial charge in [0.2, 0.25) is 0 Å². The highest BCUT2D eigenvalue weighted by Gasteiger charge is 2.42. The Kier molecular flexibility index (Phi) is 5.36. The molecule has 2 aromatic rings. The van der Waals surface area contributed by atoms with Crippen molar-refractivity contribution in [2.24, 2.45) is 0 Å². The molecule has 0 heterocycles. The highest BCUT2D eigenvalue weighted by Crippen LogP contribution is 2.45. The maximum atomic E-state index is 12.9. The second-order valence-electron chi connectivity index (χ2n) is 7.63. The quantitative estimate of drug-likeness (QED) is 0.663. The fraction of sp³-hybridized carbons (Fsp3) is 0.320. The van der Waals surface area contributed by atoms with E-state index in [0.717, 1.165) is 18.5 Å². The van der Waals surface area contributed by atoms with Crippen LogP contribution in [0.1, 0.15) is 42.9 Å². The maximum Gasteiger partial charge on any atom is 0.140 e. The summed E-state index contributed by atoms with van der Waals surface area (Å²) in [7, 11) is 2.10. The molecule has 1 aliphatic carbocycles. The zero-order valence-corrected chi connectivity index (χ0v) is 16.9. The van der Waals surface area contributed by atoms with Gasteiger partial charge < -0.3 is 4.90 Å². The second kappa shape index (κ2) is 7.56. The lowest BCUT2D eigenvalue weighted by molar-refractivity contribution is -0.122. The summed E-state index contributed by atoms with van der Waals surface area (Å²) in [6, 6.07) is 16.7. The molecule has 1 atom stereocenters. The Bertz CT molecular complexity index is 894. The molecule has 0 N–H and O–H groups in total. The number of nitrogens with zero attached hydrogens (tertiary/aromatic N) is 1. The van der Waals surface area contributed by atoms with Crippen molar-refractivity contribution in [2.75, 3.05) is 11.9 Å². The Labute approximate surface area is 163 Å². The predicted molar refractivity (Wildman–Crippen MR) is 114 cm³/mol. The Hall–Kier alpha value is -2.61. The van der Waals surface area contributed by atoms with Gasteiger partial charge in [-0.05, 0) is 74.4 Å². The molecular weight excluding hydrogens is 330 g/mol. The molecule has 0 aromatic heterocycles. The number of para-hydroxylation sites is 1. The summed E-state index contributed by atoms with van der Waals surface area (Å²) in [6.45, 7) is 10.1. The maximum absolute atomic E-state index is 12.9. The number of carbonyl (C=O) groups is 1. The van der Waals surface area contributed by atoms with Crippen molar-refractivity contribution >= 4 is 11.5 Å². The summed E-state index contributed by atoms with van der Waals surface area (Å²) >= 11 is 0. The lowest BCUT2D eigenvalue weighted by Gasteiger charge is -2.40. The van der Waals surface area contributed by atoms with E-state index in [2.05, 4.69) is 74.8 Å². The molecule has 0 saturated heterocycles. The number of aryl methyl sites for hydroxylation is 1. The van der Waals surface area contributed by atoms with Crippen molar-refractivity contribution in [2.45, 2.75) is 45.4 Å². The van der Waals surface area contributed by atoms with Gasteiger partial charge in [0, 0.05) is 18.4 Å². The van der Waals surface area contributed by atoms with Gasteiger partial charge >= 0.3 is 0 Å². The molecule has 0 amide bonds. The van der Waals surface area contributed by atoms with E-state index in [0.29, 0.717) is 6.42 Å². The minimum Gasteiger partial charge on any atom is -0.348 e. The van der Waals surface area contributed by atoms with Crippen molar-refractivity contribution in [3.05, 3.63) is 89.1 Å². The Morgan fingerprint density at radius 3 is 2.44 bits per heavy atom. The molecule has 0 spiro atoms. The number of carbonyl (C=O) groups excluding carboxylic acids is 1. The fourth-order valence-electron chi connectivity index (χ4n) is 4.38. The van der Waals surface area contributed by atoms with E-state index in [1.165, 1.54) is 28.0 Å². The Balaban J connectivity index is 2.07. The third-order valence-electron chi connectivity index (χ3n) is 6.24. The molecule has 2 nitrogen and oxygen atoms in total. The number of hydrogen-bond acceptors (Lipinski definition) is 2. The number of benzene rings is 2. The first-order chi connectivity index (χ1) is 12.9. The van der Waals surface area contributed by atoms with E-state index in [9.17, 15) is 4.79 Å². The zero-order chi connectivity index (χ0) is 19.6. The number of hydrogen-bond donors (Lipinski definition) is 0. The van der Waals surface area contributed by atoms with Crippen LogP contribution in [0.2, 0.25) is 0 Å². The zero-order valence-electron chi connectivity index (χ0n) is 16.9. The van der Waals surface area contributed by atoms with Gasteiger partial charge in [0.25, 0.3) is 0 Å². The second-order valence-corrected chi connectivity index (χ2v) is 7.63. The number of allylic oxidation sites excluding steroid dienone is 3. The van der Waals surface area contributed by atoms with Crippen LogP contribution in [-0.2, 0) is 10.2 Å². The first kappa shape index (κ1) is 19.2. The molecule has 2 aromatic carbocycles. The van der Waals surface area contributed by atoms with E-state index in [4.69, 9.17) is 0 Å². The molecule has 0 aliphatic heterocycles. The van der Waals surface area contributed by atoms with Crippen molar-refractivity contribution in [3.8, 4) is 0 Å². The molecule has 0 bridgehead atoms. The summed E-state index contributed by atoms with van der Waals surface area (Å²) in [6.07, 6.45) is 4.34. The molecule has 27 heavy (non-hydrogen) atoms. The third kappa shape index (κ3) is 3.37. The number of anilines is 1. The molecule has 3 rings (SSSR count). The standard InChI is InChI=1S/C25H29NO/c1-6-21-17-25(20(4)27,23-14-10-11-18(2)19(23)3)16-15-24(21)26(5)22-12-8-7-9-13-22/h6-14H,1,15-17H2,2-5H3. The van der Waals surface area contributed by atoms with Crippen LogP contribution >= 0.6 is 0 Å². The molecule has 2 heteroatoms. The third-order valence-corrected chi connectivity index (χ3v) is 6.24. The van der Waals surface area contributed by atoms with Crippen LogP contribution in [0.4, 0.5) is 5.69 Å². The molecule has 0 saturated carbocycles. The van der Waals surface area contributed by atoms with Crippen LogP contribution < -0.4 is 4.90 Å². The van der Waals surface area contributed by atoms with Gasteiger partial charge in [-0.1, -0.05) is 49.1 Å². The highest BCUT2D eigenvalue weighted by molar-refractivity contribution is 5.89. The van der Waals surface area contributed by atoms with Gasteiger partial charge in [-0.15, -0.1) is 0 Å². The van der Waals surface area contributed by atoms with Gasteiger partial charge in [0.15, 0.2) is 0 Å². The summed E-state index contributed by atoms with van der Waals surface area (Å²) < 4.78 is 0. The van der Waals surface area contributed by atoms with Gasteiger partial charge in [-0.2, -0.15) is 0 Å². The number of Topliss-reactive ketones (excluding diaryl/α,β-unsaturated/α-hetero) is 1. The molecule has 1 aliphatic rings. The van der Waals surface area contributed by atoms with Crippen LogP contribution in [0.5, 0.6) is 0 Å². The van der Waals surface area contributed by atoms with Crippen LogP contribution in [0, 0.1) is 13.8 Å². The van der Waals surface area contributed by atoms with Gasteiger partial charge in [-0.25, -0.2) is 0 Å². The Morgan fingerprint density at radius 2 is 1.81 bits per heavy atom. The SMILES string of the molecule is C=CC1=C(N(C)c2ccccc2)CCC(C(C)=O)(c2cccc(C)c2C)C1. The van der Waals surface area contributed by atoms with E-state index in [-0.39, 0.29) is 5.78 Å². The molecule has 0 fully saturated rings. The van der Waals surface area contributed by atoms with Crippen molar-refractivity contribution < 1.29 is 4.79 Å². The van der Waals surface area contributed by atoms with Crippen molar-refractivity contribution in [1.29, 1.82) is 0 Å². The fourth-order valence-corrected chi connectivity index (χ4v) is 4.38. The first-order valence-corrected chi connectivity index (χ1v) is 9.61. The molecule has 0 radical (unpaired) electrons. The average molecular weight is 360 g/mol. The van der Waals surface area contributed by atoms with Gasteiger partial charge in [0.05, 0.1) is 5.41 Å². The van der Waals surface area contributed by atoms with Gasteiger partial charge in [-0.3, -0.25) is 4.79 Å². The number of ketones is 1. The average Bonchev–Trinajstić information content (AvgIpc) is 2.69. The van der Waals surface area contributed by atoms with E-state index >= 15 is 0 Å². The van der Waals surface area contributed by atoms with Crippen LogP contribution in [0.25, 0.3) is 0 Å². The summed E-state index contributed by atoms with van der Waals surface area (Å²) in [5.41, 5.74) is 6.79. The monoisotopic (exact) mass is 359 g/mol. The normalized spacial score (nSPS) is 19.7. The number of rotatable bonds is 5. The smallest absolute Gasteiger partial charge is 0.140 e. The van der Waals surface area contributed by atoms with Crippen LogP contribution in [-0.4, -0.2) is 12.8 Å². The molecule has 1 unspecified atom stereocenters. The molecule has 140 valence electrons. The lowest BCUT2D eigenvalue weighted by Crippen LogP contribution is -2.39. The summed E-state index contributed by atoms with van der Waals surface area (Å²) in [5, 5.41) is 0. The minimum atomic E-state index is -0.458. The molecular formula is C25H29NO. The van der Waals surface area contributed by atoms with Crippen LogP contribution in [0.3, 0.4) is 0 Å².